The highest BCUT2D eigenvalue weighted by Gasteiger charge is 2.13. The molecule has 94 valence electrons. The molecule has 0 radical (unpaired) electrons. The van der Waals surface area contributed by atoms with E-state index in [1.54, 1.807) is 11.3 Å². The molecule has 4 heteroatoms. The summed E-state index contributed by atoms with van der Waals surface area (Å²) in [6.07, 6.45) is 0. The molecule has 3 rings (SSSR count). The largest absolute Gasteiger partial charge is 0.269 e. The van der Waals surface area contributed by atoms with Crippen LogP contribution in [-0.4, -0.2) is 12.7 Å². The Morgan fingerprint density at radius 3 is 2.74 bits per heavy atom. The van der Waals surface area contributed by atoms with Crippen LogP contribution < -0.4 is 5.36 Å². The van der Waals surface area contributed by atoms with Crippen molar-refractivity contribution >= 4 is 45.4 Å². The van der Waals surface area contributed by atoms with Crippen molar-refractivity contribution in [3.8, 4) is 10.4 Å². The van der Waals surface area contributed by atoms with Crippen molar-refractivity contribution in [2.45, 2.75) is 0 Å². The third-order valence-electron chi connectivity index (χ3n) is 2.99. The van der Waals surface area contributed by atoms with Gasteiger partial charge in [0.05, 0.1) is 11.0 Å². The first-order valence-electron chi connectivity index (χ1n) is 5.83. The van der Waals surface area contributed by atoms with Gasteiger partial charge < -0.3 is 0 Å². The smallest absolute Gasteiger partial charge is 0.114 e. The van der Waals surface area contributed by atoms with Crippen molar-refractivity contribution in [2.24, 2.45) is 9.98 Å². The summed E-state index contributed by atoms with van der Waals surface area (Å²) in [7, 11) is 0. The van der Waals surface area contributed by atoms with Gasteiger partial charge in [-0.1, -0.05) is 24.3 Å². The molecule has 1 aromatic carbocycles. The molecule has 0 bridgehead atoms. The first-order valence-corrected chi connectivity index (χ1v) is 7.18. The molecule has 0 fully saturated rings. The topological polar surface area (TPSA) is 24.7 Å². The van der Waals surface area contributed by atoms with E-state index in [-0.39, 0.29) is 6.00 Å². The monoisotopic (exact) mass is 286 g/mol. The Balaban J connectivity index is 2.57. The average Bonchev–Trinajstić information content (AvgIpc) is 2.45. The first-order chi connectivity index (χ1) is 9.35. The van der Waals surface area contributed by atoms with Crippen LogP contribution in [0.5, 0.6) is 0 Å². The van der Waals surface area contributed by atoms with Crippen molar-refractivity contribution in [2.75, 3.05) is 6.00 Å². The van der Waals surface area contributed by atoms with Gasteiger partial charge in [-0.15, -0.1) is 22.9 Å². The summed E-state index contributed by atoms with van der Waals surface area (Å²) in [4.78, 5) is 9.70. The van der Waals surface area contributed by atoms with E-state index in [9.17, 15) is 0 Å². The fraction of sp³-hybridized carbons (Fsp3) is 0.0667. The Hall–Kier alpha value is -1.71. The average molecular weight is 287 g/mol. The molecule has 0 saturated carbocycles. The van der Waals surface area contributed by atoms with Gasteiger partial charge in [0.25, 0.3) is 0 Å². The van der Waals surface area contributed by atoms with Crippen LogP contribution in [0, 0.1) is 0 Å². The van der Waals surface area contributed by atoms with E-state index in [4.69, 9.17) is 11.6 Å². The van der Waals surface area contributed by atoms with Gasteiger partial charge in [0.15, 0.2) is 0 Å². The van der Waals surface area contributed by atoms with Gasteiger partial charge in [-0.2, -0.15) is 0 Å². The molecule has 0 aromatic heterocycles. The van der Waals surface area contributed by atoms with Crippen LogP contribution in [0.4, 0.5) is 5.69 Å². The molecule has 0 amide bonds. The molecule has 0 spiro atoms. The lowest BCUT2D eigenvalue weighted by atomic mass is 10.1. The summed E-state index contributed by atoms with van der Waals surface area (Å²) in [6.45, 7) is 3.71. The molecule has 19 heavy (non-hydrogen) atoms. The number of benzene rings is 2. The van der Waals surface area contributed by atoms with Crippen LogP contribution in [0.1, 0.15) is 0 Å². The predicted octanol–water partition coefficient (Wildman–Crippen LogP) is 4.44. The van der Waals surface area contributed by atoms with E-state index in [1.807, 2.05) is 24.3 Å². The van der Waals surface area contributed by atoms with Crippen LogP contribution in [0.3, 0.4) is 0 Å². The highest BCUT2D eigenvalue weighted by atomic mass is 35.5. The van der Waals surface area contributed by atoms with Crippen molar-refractivity contribution in [1.82, 2.24) is 0 Å². The summed E-state index contributed by atoms with van der Waals surface area (Å²) in [5.41, 5.74) is 1.91. The van der Waals surface area contributed by atoms with E-state index in [0.717, 1.165) is 26.9 Å². The Morgan fingerprint density at radius 1 is 1.11 bits per heavy atom. The molecule has 2 nitrogen and oxygen atoms in total. The molecule has 1 heterocycles. The Labute approximate surface area is 120 Å². The molecule has 1 aliphatic heterocycles. The van der Waals surface area contributed by atoms with Crippen LogP contribution in [0.15, 0.2) is 52.4 Å². The molecule has 1 aliphatic carbocycles. The maximum atomic E-state index is 5.74. The lowest BCUT2D eigenvalue weighted by Crippen LogP contribution is -2.06. The molecule has 0 N–H and O–H groups in total. The van der Waals surface area contributed by atoms with Crippen LogP contribution in [-0.2, 0) is 0 Å². The van der Waals surface area contributed by atoms with E-state index < -0.39 is 0 Å². The minimum Gasteiger partial charge on any atom is -0.269 e. The van der Waals surface area contributed by atoms with Crippen molar-refractivity contribution in [3.05, 3.63) is 47.8 Å². The number of rotatable bonds is 2. The van der Waals surface area contributed by atoms with E-state index >= 15 is 0 Å². The lowest BCUT2D eigenvalue weighted by Gasteiger charge is -2.11. The first kappa shape index (κ1) is 12.3. The van der Waals surface area contributed by atoms with E-state index in [0.29, 0.717) is 0 Å². The second-order valence-corrected chi connectivity index (χ2v) is 5.36. The third-order valence-corrected chi connectivity index (χ3v) is 4.25. The summed E-state index contributed by atoms with van der Waals surface area (Å²) >= 11 is 7.47. The number of nitrogens with zero attached hydrogens (tertiary/aromatic N) is 2. The minimum absolute atomic E-state index is 0.243. The molecule has 1 aromatic rings. The Kier molecular flexibility index (Phi) is 3.32. The normalized spacial score (nSPS) is 12.2. The number of aliphatic imine (C=N–C) groups is 1. The molecular weight excluding hydrogens is 276 g/mol. The van der Waals surface area contributed by atoms with Crippen LogP contribution in [0.25, 0.3) is 20.5 Å². The zero-order valence-electron chi connectivity index (χ0n) is 10.1. The van der Waals surface area contributed by atoms with E-state index in [2.05, 4.69) is 34.9 Å². The van der Waals surface area contributed by atoms with Gasteiger partial charge in [-0.05, 0) is 24.9 Å². The van der Waals surface area contributed by atoms with Crippen LogP contribution >= 0.6 is 22.9 Å². The van der Waals surface area contributed by atoms with Gasteiger partial charge in [-0.3, -0.25) is 9.98 Å². The quantitative estimate of drug-likeness (QED) is 0.288. The van der Waals surface area contributed by atoms with Gasteiger partial charge in [0, 0.05) is 20.5 Å². The Morgan fingerprint density at radius 2 is 1.95 bits per heavy atom. The summed E-state index contributed by atoms with van der Waals surface area (Å²) in [6, 6.07) is 14.5. The fourth-order valence-corrected chi connectivity index (χ4v) is 3.44. The van der Waals surface area contributed by atoms with Crippen molar-refractivity contribution in [3.63, 3.8) is 0 Å². The van der Waals surface area contributed by atoms with Gasteiger partial charge in [0.1, 0.15) is 6.00 Å². The van der Waals surface area contributed by atoms with Gasteiger partial charge in [-0.25, -0.2) is 0 Å². The van der Waals surface area contributed by atoms with Gasteiger partial charge >= 0.3 is 0 Å². The molecule has 2 aliphatic rings. The summed E-state index contributed by atoms with van der Waals surface area (Å²) < 4.78 is 1.19. The highest BCUT2D eigenvalue weighted by Crippen LogP contribution is 2.40. The van der Waals surface area contributed by atoms with Gasteiger partial charge in [0.2, 0.25) is 0 Å². The summed E-state index contributed by atoms with van der Waals surface area (Å²) in [5.74, 6) is 0. The Bertz CT molecular complexity index is 792. The second kappa shape index (κ2) is 5.11. The predicted molar refractivity (Wildman–Crippen MR) is 83.9 cm³/mol. The van der Waals surface area contributed by atoms with Crippen molar-refractivity contribution < 1.29 is 0 Å². The molecule has 0 saturated heterocycles. The number of hydrogen-bond acceptors (Lipinski definition) is 3. The maximum absolute atomic E-state index is 5.74. The second-order valence-electron chi connectivity index (χ2n) is 4.03. The zero-order valence-corrected chi connectivity index (χ0v) is 11.7. The van der Waals surface area contributed by atoms with Crippen molar-refractivity contribution in [1.29, 1.82) is 0 Å². The fourth-order valence-electron chi connectivity index (χ4n) is 2.21. The molecule has 0 atom stereocenters. The standard InChI is InChI=1S/C15H11ClN2S/c1-17-15-10-5-2-3-7-12(10)19-13-8-4-6-11(14(13)15)18-9-16/h2-8H,1,9H2. The number of alkyl halides is 1. The lowest BCUT2D eigenvalue weighted by molar-refractivity contribution is 1.23. The SMILES string of the molecule is C=Nc1c2c(=NCCl)cccc-2sc2ccccc12. The number of halogens is 1. The maximum Gasteiger partial charge on any atom is 0.114 e. The van der Waals surface area contributed by atoms with Crippen LogP contribution in [0.2, 0.25) is 0 Å². The summed E-state index contributed by atoms with van der Waals surface area (Å²) in [5, 5.41) is 1.98. The molecule has 0 unspecified atom stereocenters. The number of hydrogen-bond donors (Lipinski definition) is 0. The van der Waals surface area contributed by atoms with E-state index in [1.165, 1.54) is 4.70 Å². The minimum atomic E-state index is 0.243. The highest BCUT2D eigenvalue weighted by molar-refractivity contribution is 7.21. The third kappa shape index (κ3) is 2.05. The molecular formula is C15H11ClN2S. The zero-order chi connectivity index (χ0) is 13.2. The number of fused-ring (bicyclic) bond motifs is 2.